The number of thioether (sulfide) groups is 1. The summed E-state index contributed by atoms with van der Waals surface area (Å²) in [6.45, 7) is 8.59. The fourth-order valence-electron chi connectivity index (χ4n) is 4.76. The van der Waals surface area contributed by atoms with Crippen molar-refractivity contribution < 1.29 is 4.79 Å². The van der Waals surface area contributed by atoms with Crippen LogP contribution in [0.15, 0.2) is 52.4 Å². The largest absolute Gasteiger partial charge is 0.337 e. The number of halogens is 1. The maximum Gasteiger partial charge on any atom is 0.266 e. The smallest absolute Gasteiger partial charge is 0.266 e. The van der Waals surface area contributed by atoms with E-state index in [0.29, 0.717) is 27.0 Å². The van der Waals surface area contributed by atoms with E-state index >= 15 is 0 Å². The third-order valence-corrected chi connectivity index (χ3v) is 8.10. The summed E-state index contributed by atoms with van der Waals surface area (Å²) in [5.41, 5.74) is 2.37. The van der Waals surface area contributed by atoms with Crippen LogP contribution < -0.4 is 5.56 Å². The number of fused-ring (bicyclic) bond motifs is 1. The molecule has 1 aliphatic heterocycles. The Bertz CT molecular complexity index is 1230. The van der Waals surface area contributed by atoms with Crippen LogP contribution in [-0.2, 0) is 4.79 Å². The van der Waals surface area contributed by atoms with Crippen LogP contribution in [0, 0.1) is 0 Å². The van der Waals surface area contributed by atoms with Gasteiger partial charge in [0, 0.05) is 17.1 Å². The highest BCUT2D eigenvalue weighted by molar-refractivity contribution is 7.99. The van der Waals surface area contributed by atoms with E-state index in [1.54, 1.807) is 22.8 Å². The second-order valence-electron chi connectivity index (χ2n) is 9.32. The monoisotopic (exact) mass is 497 g/mol. The highest BCUT2D eigenvalue weighted by Gasteiger charge is 2.29. The van der Waals surface area contributed by atoms with E-state index < -0.39 is 0 Å². The van der Waals surface area contributed by atoms with Gasteiger partial charge in [-0.3, -0.25) is 14.2 Å². The molecule has 5 nitrogen and oxygen atoms in total. The molecule has 0 radical (unpaired) electrons. The number of carbonyl (C=O) groups is 1. The molecule has 180 valence electrons. The van der Waals surface area contributed by atoms with Gasteiger partial charge in [-0.15, -0.1) is 0 Å². The highest BCUT2D eigenvalue weighted by atomic mass is 35.5. The first-order valence-electron chi connectivity index (χ1n) is 12.1. The predicted molar refractivity (Wildman–Crippen MR) is 141 cm³/mol. The van der Waals surface area contributed by atoms with Crippen LogP contribution in [0.2, 0.25) is 5.02 Å². The summed E-state index contributed by atoms with van der Waals surface area (Å²) in [6.07, 6.45) is 4.26. The minimum Gasteiger partial charge on any atom is -0.337 e. The number of amides is 1. The summed E-state index contributed by atoms with van der Waals surface area (Å²) in [5.74, 6) is 0.777. The minimum absolute atomic E-state index is 0.0915. The molecule has 2 aromatic carbocycles. The van der Waals surface area contributed by atoms with E-state index in [2.05, 4.69) is 39.8 Å². The molecule has 0 aliphatic carbocycles. The molecule has 1 aromatic heterocycles. The van der Waals surface area contributed by atoms with Crippen molar-refractivity contribution in [3.63, 3.8) is 0 Å². The topological polar surface area (TPSA) is 55.2 Å². The van der Waals surface area contributed by atoms with Crippen LogP contribution in [0.1, 0.15) is 64.9 Å². The van der Waals surface area contributed by atoms with Gasteiger partial charge < -0.3 is 4.90 Å². The van der Waals surface area contributed by atoms with E-state index in [9.17, 15) is 9.59 Å². The van der Waals surface area contributed by atoms with Gasteiger partial charge in [-0.25, -0.2) is 4.98 Å². The lowest BCUT2D eigenvalue weighted by atomic mass is 9.98. The zero-order valence-corrected chi connectivity index (χ0v) is 21.8. The SMILES string of the molecule is CC[C@H](C)c1ccc(-n2c(SCC(=O)N3[C@@H](C)CCC[C@@H]3C)nc3ccc(Cl)cc3c2=O)cc1. The summed E-state index contributed by atoms with van der Waals surface area (Å²) in [5, 5.41) is 1.47. The fraction of sp³-hybridized carbons (Fsp3) is 0.444. The number of benzene rings is 2. The van der Waals surface area contributed by atoms with Gasteiger partial charge in [0.15, 0.2) is 5.16 Å². The molecular formula is C27H32ClN3O2S. The maximum atomic E-state index is 13.6. The van der Waals surface area contributed by atoms with E-state index in [4.69, 9.17) is 16.6 Å². The van der Waals surface area contributed by atoms with Gasteiger partial charge in [-0.2, -0.15) is 0 Å². The van der Waals surface area contributed by atoms with E-state index in [1.165, 1.54) is 17.3 Å². The number of hydrogen-bond donors (Lipinski definition) is 0. The molecular weight excluding hydrogens is 466 g/mol. The number of nitrogens with zero attached hydrogens (tertiary/aromatic N) is 3. The van der Waals surface area contributed by atoms with Gasteiger partial charge in [0.2, 0.25) is 5.91 Å². The van der Waals surface area contributed by atoms with Gasteiger partial charge >= 0.3 is 0 Å². The molecule has 7 heteroatoms. The van der Waals surface area contributed by atoms with Crippen LogP contribution in [-0.4, -0.2) is 38.2 Å². The molecule has 1 amide bonds. The Morgan fingerprint density at radius 2 is 1.82 bits per heavy atom. The summed E-state index contributed by atoms with van der Waals surface area (Å²) in [6, 6.07) is 13.7. The fourth-order valence-corrected chi connectivity index (χ4v) is 5.82. The predicted octanol–water partition coefficient (Wildman–Crippen LogP) is 6.43. The maximum absolute atomic E-state index is 13.6. The van der Waals surface area contributed by atoms with Crippen molar-refractivity contribution in [2.45, 2.75) is 76.5 Å². The second kappa shape index (κ2) is 10.5. The Kier molecular flexibility index (Phi) is 7.68. The van der Waals surface area contributed by atoms with Crippen LogP contribution >= 0.6 is 23.4 Å². The van der Waals surface area contributed by atoms with Crippen molar-refractivity contribution in [3.05, 3.63) is 63.4 Å². The van der Waals surface area contributed by atoms with Gasteiger partial charge in [0.1, 0.15) is 0 Å². The van der Waals surface area contributed by atoms with Gasteiger partial charge in [0.05, 0.1) is 22.3 Å². The lowest BCUT2D eigenvalue weighted by Gasteiger charge is -2.39. The highest BCUT2D eigenvalue weighted by Crippen LogP contribution is 2.27. The first-order chi connectivity index (χ1) is 16.3. The molecule has 4 rings (SSSR count). The standard InChI is InChI=1S/C27H32ClN3O2S/c1-5-17(2)20-9-12-22(13-10-20)31-26(33)23-15-21(28)11-14-24(23)29-27(31)34-16-25(32)30-18(3)7-6-8-19(30)4/h9-15,17-19H,5-8,16H2,1-4H3/t17-,18-,19-/m0/s1. The lowest BCUT2D eigenvalue weighted by Crippen LogP contribution is -2.48. The van der Waals surface area contributed by atoms with Crippen molar-refractivity contribution in [2.75, 3.05) is 5.75 Å². The molecule has 0 saturated carbocycles. The molecule has 1 aliphatic rings. The van der Waals surface area contributed by atoms with Crippen molar-refractivity contribution in [3.8, 4) is 5.69 Å². The van der Waals surface area contributed by atoms with Crippen molar-refractivity contribution >= 4 is 40.2 Å². The number of likely N-dealkylation sites (tertiary alicyclic amines) is 1. The normalized spacial score (nSPS) is 19.4. The first-order valence-corrected chi connectivity index (χ1v) is 13.4. The number of hydrogen-bond acceptors (Lipinski definition) is 4. The van der Waals surface area contributed by atoms with Crippen LogP contribution in [0.3, 0.4) is 0 Å². The Balaban J connectivity index is 1.72. The summed E-state index contributed by atoms with van der Waals surface area (Å²) >= 11 is 7.51. The number of piperidine rings is 1. The second-order valence-corrected chi connectivity index (χ2v) is 10.7. The van der Waals surface area contributed by atoms with E-state index in [0.717, 1.165) is 31.4 Å². The van der Waals surface area contributed by atoms with Gasteiger partial charge in [-0.05, 0) is 81.3 Å². The lowest BCUT2D eigenvalue weighted by molar-refractivity contribution is -0.134. The number of rotatable bonds is 6. The quantitative estimate of drug-likeness (QED) is 0.290. The van der Waals surface area contributed by atoms with E-state index in [1.807, 2.05) is 17.0 Å². The molecule has 0 spiro atoms. The third kappa shape index (κ3) is 5.03. The van der Waals surface area contributed by atoms with Crippen molar-refractivity contribution in [1.29, 1.82) is 0 Å². The number of aromatic nitrogens is 2. The van der Waals surface area contributed by atoms with Crippen LogP contribution in [0.25, 0.3) is 16.6 Å². The average Bonchev–Trinajstić information content (AvgIpc) is 2.83. The average molecular weight is 498 g/mol. The molecule has 34 heavy (non-hydrogen) atoms. The molecule has 3 aromatic rings. The van der Waals surface area contributed by atoms with Crippen LogP contribution in [0.4, 0.5) is 0 Å². The van der Waals surface area contributed by atoms with Gasteiger partial charge in [0.25, 0.3) is 5.56 Å². The molecule has 0 unspecified atom stereocenters. The molecule has 3 atom stereocenters. The zero-order valence-electron chi connectivity index (χ0n) is 20.3. The van der Waals surface area contributed by atoms with Gasteiger partial charge in [-0.1, -0.05) is 49.3 Å². The Labute approximate surface area is 210 Å². The van der Waals surface area contributed by atoms with Crippen molar-refractivity contribution in [2.24, 2.45) is 0 Å². The Morgan fingerprint density at radius 3 is 2.47 bits per heavy atom. The third-order valence-electron chi connectivity index (χ3n) is 6.94. The number of carbonyl (C=O) groups excluding carboxylic acids is 1. The molecule has 0 bridgehead atoms. The molecule has 2 heterocycles. The summed E-state index contributed by atoms with van der Waals surface area (Å²) in [7, 11) is 0. The van der Waals surface area contributed by atoms with Crippen molar-refractivity contribution in [1.82, 2.24) is 14.5 Å². The molecule has 1 fully saturated rings. The Hall–Kier alpha value is -2.31. The van der Waals surface area contributed by atoms with E-state index in [-0.39, 0.29) is 29.3 Å². The summed E-state index contributed by atoms with van der Waals surface area (Å²) in [4.78, 5) is 33.5. The molecule has 1 saturated heterocycles. The summed E-state index contributed by atoms with van der Waals surface area (Å²) < 4.78 is 1.61. The molecule has 0 N–H and O–H groups in total. The minimum atomic E-state index is -0.182. The first kappa shape index (κ1) is 24.8. The van der Waals surface area contributed by atoms with Crippen LogP contribution in [0.5, 0.6) is 0 Å². The Morgan fingerprint density at radius 1 is 1.15 bits per heavy atom. The zero-order chi connectivity index (χ0) is 24.4.